The molecule has 0 aliphatic carbocycles. The van der Waals surface area contributed by atoms with Crippen molar-refractivity contribution in [2.45, 2.75) is 12.0 Å². The lowest BCUT2D eigenvalue weighted by molar-refractivity contribution is 0.269. The SMILES string of the molecule is O=S(=O)(Cc1ccccc1)N1CC1Oc1ccccc1. The normalized spacial score (nSPS) is 21.4. The van der Waals surface area contributed by atoms with E-state index in [1.807, 2.05) is 60.7 Å². The second kappa shape index (κ2) is 5.26. The fourth-order valence-electron chi connectivity index (χ4n) is 2.02. The van der Waals surface area contributed by atoms with Crippen LogP contribution in [0.25, 0.3) is 0 Å². The molecule has 0 radical (unpaired) electrons. The molecule has 0 aromatic heterocycles. The summed E-state index contributed by atoms with van der Waals surface area (Å²) in [4.78, 5) is 0. The van der Waals surface area contributed by atoms with Crippen LogP contribution in [0.15, 0.2) is 60.7 Å². The fraction of sp³-hybridized carbons (Fsp3) is 0.200. The van der Waals surface area contributed by atoms with Crippen molar-refractivity contribution in [3.05, 3.63) is 66.2 Å². The molecular formula is C15H15NO3S. The Morgan fingerprint density at radius 2 is 1.60 bits per heavy atom. The average Bonchev–Trinajstić information content (AvgIpc) is 3.21. The van der Waals surface area contributed by atoms with Gasteiger partial charge < -0.3 is 4.74 Å². The average molecular weight is 289 g/mol. The van der Waals surface area contributed by atoms with E-state index in [0.29, 0.717) is 12.3 Å². The fourth-order valence-corrected chi connectivity index (χ4v) is 3.55. The minimum Gasteiger partial charge on any atom is -0.473 e. The predicted molar refractivity (Wildman–Crippen MR) is 76.6 cm³/mol. The largest absolute Gasteiger partial charge is 0.473 e. The van der Waals surface area contributed by atoms with Gasteiger partial charge in [-0.15, -0.1) is 0 Å². The number of nitrogens with zero attached hydrogens (tertiary/aromatic N) is 1. The van der Waals surface area contributed by atoms with Gasteiger partial charge in [-0.25, -0.2) is 8.42 Å². The number of sulfonamides is 1. The van der Waals surface area contributed by atoms with Crippen molar-refractivity contribution < 1.29 is 13.2 Å². The van der Waals surface area contributed by atoms with Gasteiger partial charge >= 0.3 is 0 Å². The van der Waals surface area contributed by atoms with Crippen molar-refractivity contribution in [1.82, 2.24) is 4.31 Å². The smallest absolute Gasteiger partial charge is 0.221 e. The van der Waals surface area contributed by atoms with E-state index in [2.05, 4.69) is 0 Å². The van der Waals surface area contributed by atoms with Crippen molar-refractivity contribution in [2.75, 3.05) is 6.54 Å². The van der Waals surface area contributed by atoms with Crippen molar-refractivity contribution in [3.63, 3.8) is 0 Å². The van der Waals surface area contributed by atoms with E-state index >= 15 is 0 Å². The van der Waals surface area contributed by atoms with Gasteiger partial charge in [0, 0.05) is 0 Å². The van der Waals surface area contributed by atoms with E-state index in [-0.39, 0.29) is 12.0 Å². The third kappa shape index (κ3) is 3.00. The molecule has 3 rings (SSSR count). The summed E-state index contributed by atoms with van der Waals surface area (Å²) in [6.45, 7) is 0.421. The molecule has 0 N–H and O–H groups in total. The molecule has 0 saturated carbocycles. The van der Waals surface area contributed by atoms with Crippen LogP contribution >= 0.6 is 0 Å². The van der Waals surface area contributed by atoms with Gasteiger partial charge in [0.15, 0.2) is 6.23 Å². The second-order valence-electron chi connectivity index (χ2n) is 4.70. The van der Waals surface area contributed by atoms with Gasteiger partial charge in [-0.05, 0) is 17.7 Å². The van der Waals surface area contributed by atoms with Gasteiger partial charge in [0.05, 0.1) is 12.3 Å². The summed E-state index contributed by atoms with van der Waals surface area (Å²) in [6.07, 6.45) is -0.369. The van der Waals surface area contributed by atoms with Crippen LogP contribution in [-0.4, -0.2) is 25.5 Å². The molecule has 1 saturated heterocycles. The van der Waals surface area contributed by atoms with Gasteiger partial charge in [-0.3, -0.25) is 0 Å². The molecule has 4 nitrogen and oxygen atoms in total. The van der Waals surface area contributed by atoms with Crippen molar-refractivity contribution >= 4 is 10.0 Å². The molecule has 0 bridgehead atoms. The van der Waals surface area contributed by atoms with Crippen molar-refractivity contribution in [3.8, 4) is 5.75 Å². The Labute approximate surface area is 118 Å². The molecule has 104 valence electrons. The van der Waals surface area contributed by atoms with Gasteiger partial charge in [0.2, 0.25) is 10.0 Å². The van der Waals surface area contributed by atoms with Crippen molar-refractivity contribution in [2.24, 2.45) is 0 Å². The third-order valence-corrected chi connectivity index (χ3v) is 4.89. The summed E-state index contributed by atoms with van der Waals surface area (Å²) in [5.41, 5.74) is 0.790. The number of ether oxygens (including phenoxy) is 1. The van der Waals surface area contributed by atoms with Crippen LogP contribution in [-0.2, 0) is 15.8 Å². The molecule has 0 amide bonds. The molecule has 5 heteroatoms. The number of benzene rings is 2. The molecule has 0 spiro atoms. The van der Waals surface area contributed by atoms with Crippen LogP contribution in [0, 0.1) is 0 Å². The zero-order chi connectivity index (χ0) is 14.0. The van der Waals surface area contributed by atoms with E-state index in [1.165, 1.54) is 4.31 Å². The van der Waals surface area contributed by atoms with E-state index in [0.717, 1.165) is 5.56 Å². The predicted octanol–water partition coefficient (Wildman–Crippen LogP) is 2.24. The molecule has 2 aromatic rings. The molecule has 2 unspecified atom stereocenters. The van der Waals surface area contributed by atoms with E-state index in [9.17, 15) is 8.42 Å². The topological polar surface area (TPSA) is 46.4 Å². The summed E-state index contributed by atoms with van der Waals surface area (Å²) < 4.78 is 31.4. The zero-order valence-electron chi connectivity index (χ0n) is 10.8. The lowest BCUT2D eigenvalue weighted by atomic mass is 10.2. The van der Waals surface area contributed by atoms with E-state index < -0.39 is 10.0 Å². The lowest BCUT2D eigenvalue weighted by Crippen LogP contribution is -2.19. The molecule has 1 fully saturated rings. The van der Waals surface area contributed by atoms with Gasteiger partial charge in [0.25, 0.3) is 0 Å². The summed E-state index contributed by atoms with van der Waals surface area (Å²) in [6, 6.07) is 18.4. The third-order valence-electron chi connectivity index (χ3n) is 3.09. The highest BCUT2D eigenvalue weighted by atomic mass is 32.2. The molecule has 1 heterocycles. The van der Waals surface area contributed by atoms with Crippen LogP contribution in [0.5, 0.6) is 5.75 Å². The maximum absolute atomic E-state index is 12.2. The Hall–Kier alpha value is -1.85. The van der Waals surface area contributed by atoms with Crippen LogP contribution in [0.4, 0.5) is 0 Å². The first-order chi connectivity index (χ1) is 9.65. The van der Waals surface area contributed by atoms with Gasteiger partial charge in [0.1, 0.15) is 5.75 Å². The minimum atomic E-state index is -3.30. The summed E-state index contributed by atoms with van der Waals surface area (Å²) >= 11 is 0. The monoisotopic (exact) mass is 289 g/mol. The number of rotatable bonds is 5. The first kappa shape index (κ1) is 13.1. The Kier molecular flexibility index (Phi) is 3.46. The minimum absolute atomic E-state index is 0.0164. The summed E-state index contributed by atoms with van der Waals surface area (Å²) in [5.74, 6) is 0.706. The van der Waals surface area contributed by atoms with E-state index in [4.69, 9.17) is 4.74 Å². The highest BCUT2D eigenvalue weighted by molar-refractivity contribution is 7.88. The molecule has 2 atom stereocenters. The maximum atomic E-state index is 12.2. The Morgan fingerprint density at radius 3 is 2.25 bits per heavy atom. The Morgan fingerprint density at radius 1 is 1.00 bits per heavy atom. The first-order valence-corrected chi connectivity index (χ1v) is 8.01. The Balaban J connectivity index is 1.63. The quantitative estimate of drug-likeness (QED) is 0.793. The maximum Gasteiger partial charge on any atom is 0.221 e. The summed E-state index contributed by atoms with van der Waals surface area (Å²) in [7, 11) is -3.30. The Bertz CT molecular complexity index is 671. The first-order valence-electron chi connectivity index (χ1n) is 6.40. The highest BCUT2D eigenvalue weighted by Crippen LogP contribution is 2.27. The van der Waals surface area contributed by atoms with Crippen LogP contribution in [0.2, 0.25) is 0 Å². The zero-order valence-corrected chi connectivity index (χ0v) is 11.7. The molecule has 1 aliphatic rings. The summed E-state index contributed by atoms with van der Waals surface area (Å²) in [5, 5.41) is 0. The standard InChI is InChI=1S/C15H15NO3S/c17-20(18,12-13-7-3-1-4-8-13)16-11-15(16)19-14-9-5-2-6-10-14/h1-10,15H,11-12H2. The highest BCUT2D eigenvalue weighted by Gasteiger charge is 2.45. The number of hydrogen-bond donors (Lipinski definition) is 0. The van der Waals surface area contributed by atoms with Crippen molar-refractivity contribution in [1.29, 1.82) is 0 Å². The van der Waals surface area contributed by atoms with Gasteiger partial charge in [-0.1, -0.05) is 48.5 Å². The van der Waals surface area contributed by atoms with Crippen LogP contribution < -0.4 is 4.74 Å². The van der Waals surface area contributed by atoms with Crippen LogP contribution in [0.3, 0.4) is 0 Å². The number of para-hydroxylation sites is 1. The lowest BCUT2D eigenvalue weighted by Gasteiger charge is -2.08. The van der Waals surface area contributed by atoms with Gasteiger partial charge in [-0.2, -0.15) is 4.31 Å². The molecule has 1 aliphatic heterocycles. The molecular weight excluding hydrogens is 274 g/mol. The second-order valence-corrected chi connectivity index (χ2v) is 6.62. The van der Waals surface area contributed by atoms with E-state index in [1.54, 1.807) is 0 Å². The molecule has 2 aromatic carbocycles. The number of hydrogen-bond acceptors (Lipinski definition) is 3. The van der Waals surface area contributed by atoms with Crippen LogP contribution in [0.1, 0.15) is 5.56 Å². The molecule has 20 heavy (non-hydrogen) atoms.